The van der Waals surface area contributed by atoms with Gasteiger partial charge in [-0.2, -0.15) is 10.5 Å². The van der Waals surface area contributed by atoms with Crippen LogP contribution in [0.15, 0.2) is 22.6 Å². The summed E-state index contributed by atoms with van der Waals surface area (Å²) in [7, 11) is 0. The first-order chi connectivity index (χ1) is 7.83. The van der Waals surface area contributed by atoms with Gasteiger partial charge in [0, 0.05) is 12.4 Å². The van der Waals surface area contributed by atoms with E-state index in [0.717, 1.165) is 11.3 Å². The summed E-state index contributed by atoms with van der Waals surface area (Å²) in [5.74, 6) is 0.340. The van der Waals surface area contributed by atoms with Crippen molar-refractivity contribution in [1.82, 2.24) is 15.0 Å². The van der Waals surface area contributed by atoms with E-state index in [4.69, 9.17) is 10.5 Å². The molecule has 2 aromatic heterocycles. The molecule has 1 N–H and O–H groups in total. The lowest BCUT2D eigenvalue weighted by Gasteiger charge is -1.80. The molecule has 7 nitrogen and oxygen atoms in total. The zero-order chi connectivity index (χ0) is 11.4. The molecule has 0 saturated carbocycles. The van der Waals surface area contributed by atoms with Gasteiger partial charge in [-0.25, -0.2) is 9.97 Å². The second-order valence-electron chi connectivity index (χ2n) is 2.51. The number of nitriles is 2. The molecule has 0 aliphatic heterocycles. The van der Waals surface area contributed by atoms with E-state index < -0.39 is 0 Å². The molecule has 0 aliphatic carbocycles. The summed E-state index contributed by atoms with van der Waals surface area (Å²) < 4.78 is 0. The third kappa shape index (κ3) is 1.92. The van der Waals surface area contributed by atoms with Gasteiger partial charge in [0.2, 0.25) is 11.1 Å². The van der Waals surface area contributed by atoms with Gasteiger partial charge in [-0.15, -0.1) is 10.2 Å². The lowest BCUT2D eigenvalue weighted by atomic mass is 10.4. The zero-order valence-electron chi connectivity index (χ0n) is 7.75. The molecule has 0 bridgehead atoms. The smallest absolute Gasteiger partial charge is 0.246 e. The molecule has 0 aliphatic rings. The number of aromatic amines is 1. The zero-order valence-corrected chi connectivity index (χ0v) is 8.56. The van der Waals surface area contributed by atoms with Gasteiger partial charge in [-0.1, -0.05) is 11.3 Å². The Labute approximate surface area is 93.7 Å². The largest absolute Gasteiger partial charge is 0.328 e. The molecule has 8 heteroatoms. The number of hydrogen-bond acceptors (Lipinski definition) is 7. The van der Waals surface area contributed by atoms with Gasteiger partial charge in [-0.05, 0) is 0 Å². The number of azo groups is 1. The van der Waals surface area contributed by atoms with Crippen LogP contribution in [0.3, 0.4) is 0 Å². The predicted molar refractivity (Wildman–Crippen MR) is 54.3 cm³/mol. The summed E-state index contributed by atoms with van der Waals surface area (Å²) in [6.07, 6.45) is 3.15. The van der Waals surface area contributed by atoms with Crippen LogP contribution in [-0.4, -0.2) is 15.0 Å². The topological polar surface area (TPSA) is 114 Å². The molecular weight excluding hydrogens is 226 g/mol. The molecule has 0 saturated heterocycles. The lowest BCUT2D eigenvalue weighted by Crippen LogP contribution is -1.75. The third-order valence-electron chi connectivity index (χ3n) is 1.54. The van der Waals surface area contributed by atoms with E-state index in [-0.39, 0.29) is 15.7 Å². The molecule has 0 atom stereocenters. The van der Waals surface area contributed by atoms with Crippen LogP contribution in [0.25, 0.3) is 0 Å². The second-order valence-corrected chi connectivity index (χ2v) is 3.49. The summed E-state index contributed by atoms with van der Waals surface area (Å²) >= 11 is 1.01. The highest BCUT2D eigenvalue weighted by Gasteiger charge is 2.09. The Morgan fingerprint density at radius 3 is 2.75 bits per heavy atom. The summed E-state index contributed by atoms with van der Waals surface area (Å²) in [5, 5.41) is 25.1. The van der Waals surface area contributed by atoms with Crippen molar-refractivity contribution in [3.05, 3.63) is 23.0 Å². The standard InChI is InChI=1S/C8H3N7S/c9-3-5-6(4-10)16-8(13-5)15-14-7-11-1-2-12-7/h1-2H,(H,11,12)/b15-14+. The Morgan fingerprint density at radius 1 is 1.31 bits per heavy atom. The quantitative estimate of drug-likeness (QED) is 0.793. The van der Waals surface area contributed by atoms with Crippen LogP contribution in [0.2, 0.25) is 0 Å². The maximum absolute atomic E-state index is 8.69. The van der Waals surface area contributed by atoms with E-state index in [1.165, 1.54) is 6.20 Å². The maximum atomic E-state index is 8.69. The molecule has 2 aromatic rings. The molecular formula is C8H3N7S. The van der Waals surface area contributed by atoms with Crippen molar-refractivity contribution in [3.63, 3.8) is 0 Å². The number of hydrogen-bond donors (Lipinski definition) is 1. The first-order valence-electron chi connectivity index (χ1n) is 4.05. The van der Waals surface area contributed by atoms with E-state index in [2.05, 4.69) is 25.2 Å². The number of rotatable bonds is 2. The Balaban J connectivity index is 2.27. The van der Waals surface area contributed by atoms with Crippen molar-refractivity contribution in [2.45, 2.75) is 0 Å². The van der Waals surface area contributed by atoms with Gasteiger partial charge < -0.3 is 4.98 Å². The number of thiazole rings is 1. The highest BCUT2D eigenvalue weighted by Crippen LogP contribution is 2.25. The lowest BCUT2D eigenvalue weighted by molar-refractivity contribution is 1.11. The fraction of sp³-hybridized carbons (Fsp3) is 0. The van der Waals surface area contributed by atoms with Gasteiger partial charge in [0.05, 0.1) is 0 Å². The van der Waals surface area contributed by atoms with Crippen LogP contribution < -0.4 is 0 Å². The summed E-state index contributed by atoms with van der Waals surface area (Å²) in [6.45, 7) is 0. The van der Waals surface area contributed by atoms with Gasteiger partial charge in [0.1, 0.15) is 17.0 Å². The first kappa shape index (κ1) is 9.96. The Morgan fingerprint density at radius 2 is 2.19 bits per heavy atom. The second kappa shape index (κ2) is 4.29. The molecule has 0 amide bonds. The van der Waals surface area contributed by atoms with Crippen LogP contribution in [0.5, 0.6) is 0 Å². The highest BCUT2D eigenvalue weighted by molar-refractivity contribution is 7.16. The van der Waals surface area contributed by atoms with Gasteiger partial charge in [0.15, 0.2) is 5.69 Å². The van der Waals surface area contributed by atoms with Crippen LogP contribution >= 0.6 is 11.3 Å². The average molecular weight is 229 g/mol. The van der Waals surface area contributed by atoms with Crippen LogP contribution in [-0.2, 0) is 0 Å². The van der Waals surface area contributed by atoms with Crippen LogP contribution in [0.4, 0.5) is 11.1 Å². The van der Waals surface area contributed by atoms with E-state index in [1.54, 1.807) is 6.20 Å². The molecule has 0 spiro atoms. The number of imidazole rings is 1. The summed E-state index contributed by atoms with van der Waals surface area (Å²) in [5.41, 5.74) is 0.0703. The number of aromatic nitrogens is 3. The number of nitrogens with one attached hydrogen (secondary N) is 1. The first-order valence-corrected chi connectivity index (χ1v) is 4.87. The normalized spacial score (nSPS) is 10.1. The molecule has 16 heavy (non-hydrogen) atoms. The molecule has 76 valence electrons. The van der Waals surface area contributed by atoms with Crippen molar-refractivity contribution in [3.8, 4) is 12.1 Å². The van der Waals surface area contributed by atoms with Crippen LogP contribution in [0, 0.1) is 22.7 Å². The van der Waals surface area contributed by atoms with Crippen molar-refractivity contribution >= 4 is 22.4 Å². The minimum atomic E-state index is 0.0703. The van der Waals surface area contributed by atoms with E-state index in [9.17, 15) is 0 Å². The van der Waals surface area contributed by atoms with E-state index in [1.807, 2.05) is 12.1 Å². The minimum Gasteiger partial charge on any atom is -0.328 e. The molecule has 2 rings (SSSR count). The molecule has 0 radical (unpaired) electrons. The van der Waals surface area contributed by atoms with Crippen molar-refractivity contribution in [2.75, 3.05) is 0 Å². The monoisotopic (exact) mass is 229 g/mol. The van der Waals surface area contributed by atoms with Gasteiger partial charge in [-0.3, -0.25) is 0 Å². The molecule has 2 heterocycles. The van der Waals surface area contributed by atoms with E-state index in [0.29, 0.717) is 5.95 Å². The van der Waals surface area contributed by atoms with Crippen molar-refractivity contribution in [2.24, 2.45) is 10.2 Å². The van der Waals surface area contributed by atoms with E-state index >= 15 is 0 Å². The van der Waals surface area contributed by atoms with Crippen LogP contribution in [0.1, 0.15) is 10.6 Å². The Kier molecular flexibility index (Phi) is 2.67. The average Bonchev–Trinajstić information content (AvgIpc) is 2.95. The predicted octanol–water partition coefficient (Wildman–Crippen LogP) is 2.02. The number of nitrogens with zero attached hydrogens (tertiary/aromatic N) is 6. The third-order valence-corrected chi connectivity index (χ3v) is 2.38. The Bertz CT molecular complexity index is 564. The summed E-state index contributed by atoms with van der Waals surface area (Å²) in [4.78, 5) is 10.6. The fourth-order valence-electron chi connectivity index (χ4n) is 0.905. The van der Waals surface area contributed by atoms with Crippen molar-refractivity contribution in [1.29, 1.82) is 10.5 Å². The minimum absolute atomic E-state index is 0.0703. The Hall–Kier alpha value is -2.58. The summed E-state index contributed by atoms with van der Waals surface area (Å²) in [6, 6.07) is 3.68. The van der Waals surface area contributed by atoms with Gasteiger partial charge >= 0.3 is 0 Å². The SMILES string of the molecule is N#Cc1nc(/N=N/c2ncc[nH]2)sc1C#N. The maximum Gasteiger partial charge on any atom is 0.246 e. The highest BCUT2D eigenvalue weighted by atomic mass is 32.1. The fourth-order valence-corrected chi connectivity index (χ4v) is 1.54. The molecule has 0 aromatic carbocycles. The number of H-pyrrole nitrogens is 1. The van der Waals surface area contributed by atoms with Gasteiger partial charge in [0.25, 0.3) is 0 Å². The molecule has 0 unspecified atom stereocenters. The van der Waals surface area contributed by atoms with Crippen molar-refractivity contribution < 1.29 is 0 Å². The molecule has 0 fully saturated rings.